The third-order valence-corrected chi connectivity index (χ3v) is 15.8. The van der Waals surface area contributed by atoms with Gasteiger partial charge in [0.1, 0.15) is 23.1 Å². The fraction of sp³-hybridized carbons (Fsp3) is 0.246. The molecule has 1 aliphatic carbocycles. The minimum atomic E-state index is -0.849. The molecule has 6 aromatic rings. The van der Waals surface area contributed by atoms with Crippen molar-refractivity contribution in [2.75, 3.05) is 25.7 Å². The van der Waals surface area contributed by atoms with Crippen LogP contribution in [0.3, 0.4) is 0 Å². The lowest BCUT2D eigenvalue weighted by Gasteiger charge is -2.32. The highest BCUT2D eigenvalue weighted by atomic mass is 32.2. The Labute approximate surface area is 406 Å². The van der Waals surface area contributed by atoms with E-state index in [9.17, 15) is 18.7 Å². The first kappa shape index (κ1) is 47.2. The van der Waals surface area contributed by atoms with Gasteiger partial charge in [0.15, 0.2) is 0 Å². The first-order valence-corrected chi connectivity index (χ1v) is 24.7. The van der Waals surface area contributed by atoms with Crippen molar-refractivity contribution in [2.45, 2.75) is 68.5 Å². The number of carbonyl (C=O) groups is 1. The van der Waals surface area contributed by atoms with E-state index in [1.807, 2.05) is 48.2 Å². The molecule has 68 heavy (non-hydrogen) atoms. The Morgan fingerprint density at radius 1 is 0.632 bits per heavy atom. The average molecular weight is 947 g/mol. The van der Waals surface area contributed by atoms with Crippen molar-refractivity contribution in [3.05, 3.63) is 166 Å². The van der Waals surface area contributed by atoms with Gasteiger partial charge >= 0.3 is 13.1 Å². The predicted octanol–water partition coefficient (Wildman–Crippen LogP) is 13.9. The molecule has 1 N–H and O–H groups in total. The van der Waals surface area contributed by atoms with E-state index < -0.39 is 5.97 Å². The fourth-order valence-corrected chi connectivity index (χ4v) is 10.7. The summed E-state index contributed by atoms with van der Waals surface area (Å²) in [5.41, 5.74) is 12.3. The van der Waals surface area contributed by atoms with Gasteiger partial charge in [0.2, 0.25) is 0 Å². The molecule has 0 unspecified atom stereocenters. The second kappa shape index (κ2) is 19.3. The summed E-state index contributed by atoms with van der Waals surface area (Å²) in [4.78, 5) is 14.1. The Balaban J connectivity index is 0.000000170. The van der Waals surface area contributed by atoms with E-state index in [1.54, 1.807) is 57.2 Å². The molecule has 4 aliphatic rings. The van der Waals surface area contributed by atoms with Gasteiger partial charge < -0.3 is 23.9 Å². The maximum absolute atomic E-state index is 14.4. The number of fused-ring (bicyclic) bond motifs is 2. The van der Waals surface area contributed by atoms with Crippen molar-refractivity contribution in [1.82, 2.24) is 0 Å². The monoisotopic (exact) mass is 946 g/mol. The van der Waals surface area contributed by atoms with Gasteiger partial charge in [-0.05, 0) is 181 Å². The third-order valence-electron chi connectivity index (χ3n) is 13.5. The summed E-state index contributed by atoms with van der Waals surface area (Å²) in [6.45, 7) is 9.99. The number of carboxylic acids is 1. The summed E-state index contributed by atoms with van der Waals surface area (Å²) >= 11 is 3.61. The van der Waals surface area contributed by atoms with E-state index in [-0.39, 0.29) is 30.0 Å². The SMILES string of the molecule is COc1ccc(F)c(-c2ccc(C3=Cc4cc(B5OC(C)(C)C(C)(C)O5)ccc4SC3)cc2)c1.COc1ccc(F)c(-c2ccc(C3=Cc4cc(C(=C(C)C(=O)O)C5CC5)ccc4SC3)cc2)c1. The molecule has 6 nitrogen and oxygen atoms in total. The van der Waals surface area contributed by atoms with Gasteiger partial charge in [-0.25, -0.2) is 13.6 Å². The van der Waals surface area contributed by atoms with Gasteiger partial charge in [-0.3, -0.25) is 0 Å². The number of benzene rings is 6. The van der Waals surface area contributed by atoms with Crippen molar-refractivity contribution >= 4 is 70.9 Å². The zero-order valence-electron chi connectivity index (χ0n) is 39.2. The molecule has 0 spiro atoms. The molecule has 2 fully saturated rings. The second-order valence-electron chi connectivity index (χ2n) is 18.5. The Bertz CT molecular complexity index is 2990. The van der Waals surface area contributed by atoms with Crippen LogP contribution in [0.5, 0.6) is 11.5 Å². The van der Waals surface area contributed by atoms with Crippen LogP contribution in [0.4, 0.5) is 8.78 Å². The molecule has 1 saturated heterocycles. The first-order valence-electron chi connectivity index (χ1n) is 22.7. The van der Waals surface area contributed by atoms with Crippen molar-refractivity contribution in [3.63, 3.8) is 0 Å². The van der Waals surface area contributed by atoms with Gasteiger partial charge in [0.25, 0.3) is 0 Å². The molecule has 0 aromatic heterocycles. The standard InChI is InChI=1S/C29H25FO3S.C28H28BFO3S/c1-17(29(31)32)28(20-7-8-20)21-9-12-27-22(13-21)14-23(16-34-27)18-3-5-19(6-4-18)25-15-24(33-2)10-11-26(25)30;1-27(2)28(3,4)33-29(32-27)22-10-13-26-20(15-22)14-21(17-34-26)18-6-8-19(9-7-18)24-16-23(31-5)11-12-25(24)30/h3-6,9-15,20H,7-8,16H2,1-2H3,(H,31,32);6-16H,17H2,1-5H3. The number of carboxylic acid groups (broad SMARTS) is 1. The Morgan fingerprint density at radius 3 is 1.54 bits per heavy atom. The number of hydrogen-bond acceptors (Lipinski definition) is 7. The minimum absolute atomic E-state index is 0.259. The molecule has 11 heteroatoms. The lowest BCUT2D eigenvalue weighted by Crippen LogP contribution is -2.41. The van der Waals surface area contributed by atoms with E-state index in [1.165, 1.54) is 38.6 Å². The first-order chi connectivity index (χ1) is 32.6. The highest BCUT2D eigenvalue weighted by Gasteiger charge is 2.51. The van der Waals surface area contributed by atoms with Crippen LogP contribution in [0.15, 0.2) is 137 Å². The van der Waals surface area contributed by atoms with E-state index >= 15 is 0 Å². The minimum Gasteiger partial charge on any atom is -0.497 e. The largest absolute Gasteiger partial charge is 0.497 e. The lowest BCUT2D eigenvalue weighted by atomic mass is 9.78. The maximum atomic E-state index is 14.4. The molecular formula is C57H53BF2O6S2. The van der Waals surface area contributed by atoms with Gasteiger partial charge in [0, 0.05) is 38.0 Å². The fourth-order valence-electron chi connectivity index (χ4n) is 8.68. The van der Waals surface area contributed by atoms with Gasteiger partial charge in [0.05, 0.1) is 25.4 Å². The van der Waals surface area contributed by atoms with Crippen LogP contribution in [0.1, 0.15) is 75.3 Å². The summed E-state index contributed by atoms with van der Waals surface area (Å²) in [5, 5.41) is 9.57. The number of rotatable bonds is 10. The number of thioether (sulfide) groups is 2. The number of aliphatic carboxylic acids is 1. The Morgan fingerprint density at radius 2 is 1.09 bits per heavy atom. The zero-order chi connectivity index (χ0) is 47.9. The number of methoxy groups -OCH3 is 2. The summed E-state index contributed by atoms with van der Waals surface area (Å²) < 4.78 is 51.7. The average Bonchev–Trinajstić information content (AvgIpc) is 4.15. The Hall–Kier alpha value is -5.85. The predicted molar refractivity (Wildman–Crippen MR) is 276 cm³/mol. The summed E-state index contributed by atoms with van der Waals surface area (Å²) in [6.07, 6.45) is 6.53. The molecule has 0 bridgehead atoms. The van der Waals surface area contributed by atoms with Crippen LogP contribution in [0.2, 0.25) is 0 Å². The van der Waals surface area contributed by atoms with Crippen LogP contribution in [-0.4, -0.2) is 55.1 Å². The van der Waals surface area contributed by atoms with Crippen LogP contribution >= 0.6 is 23.5 Å². The van der Waals surface area contributed by atoms with Crippen molar-refractivity contribution < 1.29 is 37.5 Å². The summed E-state index contributed by atoms with van der Waals surface area (Å²) in [6, 6.07) is 38.3. The van der Waals surface area contributed by atoms with Crippen molar-refractivity contribution in [3.8, 4) is 33.8 Å². The van der Waals surface area contributed by atoms with Crippen LogP contribution < -0.4 is 14.9 Å². The molecule has 0 atom stereocenters. The van der Waals surface area contributed by atoms with Gasteiger partial charge in [-0.15, -0.1) is 23.5 Å². The van der Waals surface area contributed by atoms with E-state index in [0.717, 1.165) is 68.8 Å². The van der Waals surface area contributed by atoms with Crippen molar-refractivity contribution in [2.24, 2.45) is 5.92 Å². The molecular weight excluding hydrogens is 894 g/mol. The third kappa shape index (κ3) is 9.85. The number of hydrogen-bond donors (Lipinski definition) is 1. The summed E-state index contributed by atoms with van der Waals surface area (Å²) in [7, 11) is 2.78. The lowest BCUT2D eigenvalue weighted by molar-refractivity contribution is -0.132. The number of allylic oxidation sites excluding steroid dienone is 1. The highest BCUT2D eigenvalue weighted by molar-refractivity contribution is 8.00. The molecule has 0 radical (unpaired) electrons. The smallest absolute Gasteiger partial charge is 0.494 e. The zero-order valence-corrected chi connectivity index (χ0v) is 40.9. The van der Waals surface area contributed by atoms with Crippen LogP contribution in [0.25, 0.3) is 51.1 Å². The highest BCUT2D eigenvalue weighted by Crippen LogP contribution is 2.46. The molecule has 3 heterocycles. The second-order valence-corrected chi connectivity index (χ2v) is 20.6. The van der Waals surface area contributed by atoms with Crippen molar-refractivity contribution in [1.29, 1.82) is 0 Å². The van der Waals surface area contributed by atoms with Gasteiger partial charge in [-0.1, -0.05) is 66.7 Å². The number of ether oxygens (including phenoxy) is 2. The summed E-state index contributed by atoms with van der Waals surface area (Å²) in [5.74, 6) is 1.95. The van der Waals surface area contributed by atoms with E-state index in [4.69, 9.17) is 18.8 Å². The molecule has 10 rings (SSSR count). The van der Waals surface area contributed by atoms with E-state index in [2.05, 4.69) is 88.4 Å². The topological polar surface area (TPSA) is 74.2 Å². The normalized spacial score (nSPS) is 17.1. The molecule has 0 amide bonds. The van der Waals surface area contributed by atoms with Crippen LogP contribution in [0, 0.1) is 17.6 Å². The van der Waals surface area contributed by atoms with Crippen LogP contribution in [-0.2, 0) is 14.1 Å². The molecule has 346 valence electrons. The quantitative estimate of drug-likeness (QED) is 0.108. The van der Waals surface area contributed by atoms with E-state index in [0.29, 0.717) is 34.1 Å². The molecule has 3 aliphatic heterocycles. The Kier molecular flexibility index (Phi) is 13.4. The number of halogens is 2. The maximum Gasteiger partial charge on any atom is 0.494 e. The molecule has 6 aromatic carbocycles. The van der Waals surface area contributed by atoms with Gasteiger partial charge in [-0.2, -0.15) is 0 Å². The molecule has 1 saturated carbocycles.